The van der Waals surface area contributed by atoms with E-state index in [9.17, 15) is 8.78 Å². The fraction of sp³-hybridized carbons (Fsp3) is 0.412. The van der Waals surface area contributed by atoms with E-state index in [0.29, 0.717) is 6.54 Å². The highest BCUT2D eigenvalue weighted by Gasteiger charge is 2.20. The SMILES string of the molecule is Fc1ccc(CN(Cc2cccs2)CC2CCCO2)cc1F. The van der Waals surface area contributed by atoms with Gasteiger partial charge in [-0.05, 0) is 42.0 Å². The van der Waals surface area contributed by atoms with Crippen LogP contribution in [-0.4, -0.2) is 24.2 Å². The summed E-state index contributed by atoms with van der Waals surface area (Å²) in [5.74, 6) is -1.58. The molecule has 22 heavy (non-hydrogen) atoms. The monoisotopic (exact) mass is 323 g/mol. The summed E-state index contributed by atoms with van der Waals surface area (Å²) in [6.07, 6.45) is 2.41. The van der Waals surface area contributed by atoms with Gasteiger partial charge in [0.15, 0.2) is 11.6 Å². The Morgan fingerprint density at radius 1 is 1.18 bits per heavy atom. The largest absolute Gasteiger partial charge is 0.377 e. The molecule has 1 aromatic heterocycles. The van der Waals surface area contributed by atoms with Crippen LogP contribution in [0.4, 0.5) is 8.78 Å². The third-order valence-electron chi connectivity index (χ3n) is 3.84. The lowest BCUT2D eigenvalue weighted by molar-refractivity contribution is 0.0682. The quantitative estimate of drug-likeness (QED) is 0.790. The van der Waals surface area contributed by atoms with Gasteiger partial charge in [0.1, 0.15) is 0 Å². The van der Waals surface area contributed by atoms with Gasteiger partial charge in [-0.1, -0.05) is 12.1 Å². The van der Waals surface area contributed by atoms with Crippen LogP contribution >= 0.6 is 11.3 Å². The Kier molecular flexibility index (Phi) is 5.18. The first kappa shape index (κ1) is 15.6. The Morgan fingerprint density at radius 2 is 2.09 bits per heavy atom. The summed E-state index contributed by atoms with van der Waals surface area (Å²) in [6.45, 7) is 3.03. The first-order valence-electron chi connectivity index (χ1n) is 7.51. The van der Waals surface area contributed by atoms with Gasteiger partial charge in [0.2, 0.25) is 0 Å². The van der Waals surface area contributed by atoms with Gasteiger partial charge in [-0.15, -0.1) is 11.3 Å². The maximum Gasteiger partial charge on any atom is 0.159 e. The van der Waals surface area contributed by atoms with E-state index in [1.807, 2.05) is 6.07 Å². The first-order valence-corrected chi connectivity index (χ1v) is 8.39. The fourth-order valence-electron chi connectivity index (χ4n) is 2.78. The van der Waals surface area contributed by atoms with Crippen LogP contribution < -0.4 is 0 Å². The molecule has 2 heterocycles. The van der Waals surface area contributed by atoms with Gasteiger partial charge in [-0.2, -0.15) is 0 Å². The Labute approximate surface area is 133 Å². The van der Waals surface area contributed by atoms with Crippen molar-refractivity contribution in [2.24, 2.45) is 0 Å². The molecular weight excluding hydrogens is 304 g/mol. The molecule has 1 aliphatic heterocycles. The van der Waals surface area contributed by atoms with E-state index < -0.39 is 11.6 Å². The van der Waals surface area contributed by atoms with Crippen LogP contribution in [0.3, 0.4) is 0 Å². The van der Waals surface area contributed by atoms with Crippen LogP contribution in [0.25, 0.3) is 0 Å². The number of thiophene rings is 1. The Morgan fingerprint density at radius 3 is 2.77 bits per heavy atom. The highest BCUT2D eigenvalue weighted by atomic mass is 32.1. The summed E-state index contributed by atoms with van der Waals surface area (Å²) in [7, 11) is 0. The second kappa shape index (κ2) is 7.31. The van der Waals surface area contributed by atoms with Gasteiger partial charge in [-0.25, -0.2) is 8.78 Å². The minimum atomic E-state index is -0.798. The van der Waals surface area contributed by atoms with Crippen LogP contribution in [0, 0.1) is 11.6 Å². The molecule has 0 aliphatic carbocycles. The van der Waals surface area contributed by atoms with Crippen LogP contribution in [-0.2, 0) is 17.8 Å². The van der Waals surface area contributed by atoms with Crippen LogP contribution in [0.1, 0.15) is 23.3 Å². The number of ether oxygens (including phenoxy) is 1. The summed E-state index contributed by atoms with van der Waals surface area (Å²) in [5.41, 5.74) is 0.786. The van der Waals surface area contributed by atoms with E-state index in [1.54, 1.807) is 17.4 Å². The molecule has 5 heteroatoms. The molecular formula is C17H19F2NOS. The predicted octanol–water partition coefficient (Wildman–Crippen LogP) is 4.21. The molecule has 1 aliphatic rings. The molecule has 3 rings (SSSR count). The minimum Gasteiger partial charge on any atom is -0.377 e. The zero-order valence-corrected chi connectivity index (χ0v) is 13.1. The highest BCUT2D eigenvalue weighted by molar-refractivity contribution is 7.09. The van der Waals surface area contributed by atoms with Crippen molar-refractivity contribution in [2.75, 3.05) is 13.2 Å². The number of hydrogen-bond donors (Lipinski definition) is 0. The maximum absolute atomic E-state index is 13.4. The molecule has 1 saturated heterocycles. The molecule has 1 atom stereocenters. The van der Waals surface area contributed by atoms with Gasteiger partial charge in [0, 0.05) is 31.1 Å². The highest BCUT2D eigenvalue weighted by Crippen LogP contribution is 2.19. The predicted molar refractivity (Wildman–Crippen MR) is 83.8 cm³/mol. The van der Waals surface area contributed by atoms with Gasteiger partial charge < -0.3 is 4.74 Å². The molecule has 0 radical (unpaired) electrons. The van der Waals surface area contributed by atoms with Gasteiger partial charge in [0.25, 0.3) is 0 Å². The van der Waals surface area contributed by atoms with Gasteiger partial charge in [-0.3, -0.25) is 4.90 Å². The molecule has 1 aromatic carbocycles. The second-order valence-corrected chi connectivity index (χ2v) is 6.66. The summed E-state index contributed by atoms with van der Waals surface area (Å²) < 4.78 is 32.2. The molecule has 0 N–H and O–H groups in total. The van der Waals surface area contributed by atoms with E-state index in [-0.39, 0.29) is 6.10 Å². The topological polar surface area (TPSA) is 12.5 Å². The molecule has 2 nitrogen and oxygen atoms in total. The zero-order valence-electron chi connectivity index (χ0n) is 12.3. The maximum atomic E-state index is 13.4. The Bertz CT molecular complexity index is 597. The van der Waals surface area contributed by atoms with Crippen molar-refractivity contribution in [3.8, 4) is 0 Å². The normalized spacial score (nSPS) is 18.2. The minimum absolute atomic E-state index is 0.241. The van der Waals surface area contributed by atoms with E-state index in [4.69, 9.17) is 4.74 Å². The number of nitrogens with zero attached hydrogens (tertiary/aromatic N) is 1. The molecule has 0 saturated carbocycles. The zero-order chi connectivity index (χ0) is 15.4. The summed E-state index contributed by atoms with van der Waals surface area (Å²) in [5, 5.41) is 2.05. The lowest BCUT2D eigenvalue weighted by atomic mass is 10.1. The number of hydrogen-bond acceptors (Lipinski definition) is 3. The van der Waals surface area contributed by atoms with E-state index in [0.717, 1.165) is 38.1 Å². The smallest absolute Gasteiger partial charge is 0.159 e. The first-order chi connectivity index (χ1) is 10.7. The average Bonchev–Trinajstić information content (AvgIpc) is 3.16. The Balaban J connectivity index is 1.70. The summed E-state index contributed by atoms with van der Waals surface area (Å²) >= 11 is 1.71. The van der Waals surface area contributed by atoms with Crippen LogP contribution in [0.15, 0.2) is 35.7 Å². The van der Waals surface area contributed by atoms with Crippen molar-refractivity contribution in [1.29, 1.82) is 0 Å². The molecule has 118 valence electrons. The van der Waals surface area contributed by atoms with E-state index in [2.05, 4.69) is 16.3 Å². The number of benzene rings is 1. The third kappa shape index (κ3) is 4.12. The van der Waals surface area contributed by atoms with Crippen molar-refractivity contribution >= 4 is 11.3 Å². The van der Waals surface area contributed by atoms with Crippen molar-refractivity contribution in [3.05, 3.63) is 57.8 Å². The van der Waals surface area contributed by atoms with E-state index >= 15 is 0 Å². The molecule has 2 aromatic rings. The van der Waals surface area contributed by atoms with Crippen LogP contribution in [0.5, 0.6) is 0 Å². The van der Waals surface area contributed by atoms with Crippen molar-refractivity contribution in [1.82, 2.24) is 4.90 Å². The molecule has 0 amide bonds. The molecule has 1 fully saturated rings. The Hall–Kier alpha value is -1.30. The summed E-state index contributed by atoms with van der Waals surface area (Å²) in [6, 6.07) is 8.25. The molecule has 1 unspecified atom stereocenters. The van der Waals surface area contributed by atoms with Crippen molar-refractivity contribution in [2.45, 2.75) is 32.0 Å². The van der Waals surface area contributed by atoms with Crippen molar-refractivity contribution < 1.29 is 13.5 Å². The lowest BCUT2D eigenvalue weighted by Gasteiger charge is -2.25. The van der Waals surface area contributed by atoms with Crippen LogP contribution in [0.2, 0.25) is 0 Å². The number of rotatable bonds is 6. The van der Waals surface area contributed by atoms with Crippen molar-refractivity contribution in [3.63, 3.8) is 0 Å². The second-order valence-electron chi connectivity index (χ2n) is 5.63. The standard InChI is InChI=1S/C17H19F2NOS/c18-16-6-5-13(9-17(16)19)10-20(11-14-3-1-7-21-14)12-15-4-2-8-22-15/h2,4-6,8-9,14H,1,3,7,10-12H2. The average molecular weight is 323 g/mol. The molecule has 0 bridgehead atoms. The van der Waals surface area contributed by atoms with Gasteiger partial charge >= 0.3 is 0 Å². The fourth-order valence-corrected chi connectivity index (χ4v) is 3.53. The lowest BCUT2D eigenvalue weighted by Crippen LogP contribution is -2.31. The van der Waals surface area contributed by atoms with E-state index in [1.165, 1.54) is 17.0 Å². The molecule has 0 spiro atoms. The third-order valence-corrected chi connectivity index (χ3v) is 4.70. The summed E-state index contributed by atoms with van der Waals surface area (Å²) in [4.78, 5) is 3.51. The number of halogens is 2. The van der Waals surface area contributed by atoms with Gasteiger partial charge in [0.05, 0.1) is 6.10 Å².